The van der Waals surface area contributed by atoms with E-state index >= 15 is 0 Å². The molecule has 4 heterocycles. The first-order valence-corrected chi connectivity index (χ1v) is 11.9. The number of amides is 1. The lowest BCUT2D eigenvalue weighted by Crippen LogP contribution is -2.37. The molecule has 1 N–H and O–H groups in total. The lowest BCUT2D eigenvalue weighted by molar-refractivity contribution is 0.0713. The lowest BCUT2D eigenvalue weighted by atomic mass is 9.97. The van der Waals surface area contributed by atoms with Gasteiger partial charge in [-0.15, -0.1) is 11.3 Å². The second-order valence-corrected chi connectivity index (χ2v) is 9.63. The second-order valence-electron chi connectivity index (χ2n) is 8.57. The molecule has 0 spiro atoms. The Morgan fingerprint density at radius 1 is 1.18 bits per heavy atom. The van der Waals surface area contributed by atoms with Crippen molar-refractivity contribution in [2.24, 2.45) is 0 Å². The van der Waals surface area contributed by atoms with Gasteiger partial charge >= 0.3 is 0 Å². The van der Waals surface area contributed by atoms with Crippen molar-refractivity contribution >= 4 is 27.5 Å². The van der Waals surface area contributed by atoms with Crippen molar-refractivity contribution in [1.82, 2.24) is 29.6 Å². The highest BCUT2D eigenvalue weighted by Crippen LogP contribution is 2.34. The summed E-state index contributed by atoms with van der Waals surface area (Å²) in [5.74, 6) is 0.260. The maximum Gasteiger partial charge on any atom is 0.257 e. The highest BCUT2D eigenvalue weighted by atomic mass is 32.1. The predicted octanol–water partition coefficient (Wildman–Crippen LogP) is 3.21. The number of aryl methyl sites for hydroxylation is 1. The number of benzene rings is 1. The standard InChI is InChI=1S/C23H21FN6O2S/c24-15-4-5-18-19(10-15)33-21(26-18)13-6-8-29(9-7-13)22(32)14-11-25-30(12-14)23-27-17-3-1-2-16(17)20(31)28-23/h4-5,10-13H,1-3,6-9H2,(H,27,28,31). The third-order valence-corrected chi connectivity index (χ3v) is 7.65. The molecule has 0 unspecified atom stereocenters. The van der Waals surface area contributed by atoms with Crippen LogP contribution in [0, 0.1) is 5.82 Å². The molecule has 3 aromatic heterocycles. The third kappa shape index (κ3) is 3.64. The molecule has 8 nitrogen and oxygen atoms in total. The quantitative estimate of drug-likeness (QED) is 0.502. The minimum Gasteiger partial charge on any atom is -0.339 e. The van der Waals surface area contributed by atoms with Crippen molar-refractivity contribution in [3.8, 4) is 5.95 Å². The van der Waals surface area contributed by atoms with Gasteiger partial charge in [0.2, 0.25) is 5.95 Å². The fourth-order valence-corrected chi connectivity index (χ4v) is 5.85. The monoisotopic (exact) mass is 464 g/mol. The molecule has 1 aromatic carbocycles. The van der Waals surface area contributed by atoms with E-state index in [1.165, 1.54) is 34.3 Å². The number of likely N-dealkylation sites (tertiary alicyclic amines) is 1. The smallest absolute Gasteiger partial charge is 0.257 e. The van der Waals surface area contributed by atoms with Crippen LogP contribution in [0.3, 0.4) is 0 Å². The van der Waals surface area contributed by atoms with Crippen LogP contribution in [0.1, 0.15) is 51.8 Å². The summed E-state index contributed by atoms with van der Waals surface area (Å²) in [4.78, 5) is 39.1. The van der Waals surface area contributed by atoms with E-state index in [-0.39, 0.29) is 23.2 Å². The van der Waals surface area contributed by atoms with Crippen LogP contribution in [-0.4, -0.2) is 48.6 Å². The molecule has 6 rings (SSSR count). The number of hydrogen-bond acceptors (Lipinski definition) is 6. The summed E-state index contributed by atoms with van der Waals surface area (Å²) in [6.07, 6.45) is 7.23. The van der Waals surface area contributed by atoms with Crippen LogP contribution in [0.25, 0.3) is 16.2 Å². The Labute approximate surface area is 192 Å². The summed E-state index contributed by atoms with van der Waals surface area (Å²) in [6, 6.07) is 4.67. The van der Waals surface area contributed by atoms with Gasteiger partial charge < -0.3 is 4.90 Å². The highest BCUT2D eigenvalue weighted by Gasteiger charge is 2.27. The average molecular weight is 465 g/mol. The van der Waals surface area contributed by atoms with Gasteiger partial charge in [0.1, 0.15) is 5.82 Å². The van der Waals surface area contributed by atoms with Gasteiger partial charge in [-0.25, -0.2) is 19.0 Å². The highest BCUT2D eigenvalue weighted by molar-refractivity contribution is 7.18. The summed E-state index contributed by atoms with van der Waals surface area (Å²) in [7, 11) is 0. The van der Waals surface area contributed by atoms with Gasteiger partial charge in [0.15, 0.2) is 0 Å². The Balaban J connectivity index is 1.15. The Morgan fingerprint density at radius 2 is 2.03 bits per heavy atom. The molecule has 2 aliphatic rings. The zero-order chi connectivity index (χ0) is 22.5. The number of thiazole rings is 1. The molecule has 168 valence electrons. The van der Waals surface area contributed by atoms with Crippen LogP contribution < -0.4 is 5.56 Å². The Kier molecular flexibility index (Phi) is 4.83. The molecule has 1 saturated heterocycles. The van der Waals surface area contributed by atoms with E-state index in [1.54, 1.807) is 12.3 Å². The van der Waals surface area contributed by atoms with Crippen molar-refractivity contribution < 1.29 is 9.18 Å². The molecule has 1 fully saturated rings. The SMILES string of the molecule is O=C(c1cnn(-c2nc3c(c(=O)[nH]2)CCC3)c1)N1CCC(c2nc3ccc(F)cc3s2)CC1. The van der Waals surface area contributed by atoms with Crippen molar-refractivity contribution in [1.29, 1.82) is 0 Å². The molecule has 1 amide bonds. The van der Waals surface area contributed by atoms with Crippen molar-refractivity contribution in [3.63, 3.8) is 0 Å². The molecule has 4 aromatic rings. The molecule has 1 aliphatic heterocycles. The molecule has 1 aliphatic carbocycles. The number of hydrogen-bond donors (Lipinski definition) is 1. The third-order valence-electron chi connectivity index (χ3n) is 6.47. The molecule has 0 atom stereocenters. The van der Waals surface area contributed by atoms with Gasteiger partial charge in [0.25, 0.3) is 11.5 Å². The van der Waals surface area contributed by atoms with Gasteiger partial charge in [0.05, 0.1) is 32.7 Å². The summed E-state index contributed by atoms with van der Waals surface area (Å²) in [5.41, 5.74) is 2.73. The molecular formula is C23H21FN6O2S. The molecular weight excluding hydrogens is 443 g/mol. The number of H-pyrrole nitrogens is 1. The van der Waals surface area contributed by atoms with Gasteiger partial charge in [-0.1, -0.05) is 0 Å². The number of nitrogens with one attached hydrogen (secondary N) is 1. The largest absolute Gasteiger partial charge is 0.339 e. The van der Waals surface area contributed by atoms with Crippen LogP contribution in [0.2, 0.25) is 0 Å². The Morgan fingerprint density at radius 3 is 2.88 bits per heavy atom. The molecule has 10 heteroatoms. The summed E-state index contributed by atoms with van der Waals surface area (Å²) in [5, 5.41) is 5.26. The fraction of sp³-hybridized carbons (Fsp3) is 0.348. The van der Waals surface area contributed by atoms with Crippen LogP contribution in [0.5, 0.6) is 0 Å². The fourth-order valence-electron chi connectivity index (χ4n) is 4.69. The Hall–Kier alpha value is -3.40. The van der Waals surface area contributed by atoms with Crippen molar-refractivity contribution in [2.45, 2.75) is 38.0 Å². The van der Waals surface area contributed by atoms with Crippen LogP contribution in [0.4, 0.5) is 4.39 Å². The first-order chi connectivity index (χ1) is 16.0. The summed E-state index contributed by atoms with van der Waals surface area (Å²) in [6.45, 7) is 1.24. The maximum atomic E-state index is 13.5. The van der Waals surface area contributed by atoms with Crippen LogP contribution in [0.15, 0.2) is 35.4 Å². The molecule has 0 saturated carbocycles. The summed E-state index contributed by atoms with van der Waals surface area (Å²) >= 11 is 1.53. The van der Waals surface area contributed by atoms with Crippen molar-refractivity contribution in [3.05, 3.63) is 68.6 Å². The normalized spacial score (nSPS) is 16.5. The minimum absolute atomic E-state index is 0.0884. The van der Waals surface area contributed by atoms with Crippen LogP contribution >= 0.6 is 11.3 Å². The van der Waals surface area contributed by atoms with E-state index < -0.39 is 0 Å². The zero-order valence-corrected chi connectivity index (χ0v) is 18.6. The van der Waals surface area contributed by atoms with Crippen molar-refractivity contribution in [2.75, 3.05) is 13.1 Å². The second kappa shape index (κ2) is 7.87. The van der Waals surface area contributed by atoms with E-state index in [4.69, 9.17) is 0 Å². The number of aromatic amines is 1. The van der Waals surface area contributed by atoms with E-state index in [2.05, 4.69) is 20.1 Å². The predicted molar refractivity (Wildman–Crippen MR) is 121 cm³/mol. The summed E-state index contributed by atoms with van der Waals surface area (Å²) < 4.78 is 15.8. The van der Waals surface area contributed by atoms with Gasteiger partial charge in [-0.2, -0.15) is 5.10 Å². The van der Waals surface area contributed by atoms with E-state index in [0.29, 0.717) is 24.6 Å². The van der Waals surface area contributed by atoms with Crippen LogP contribution in [-0.2, 0) is 12.8 Å². The number of rotatable bonds is 3. The van der Waals surface area contributed by atoms with E-state index in [1.807, 2.05) is 4.90 Å². The molecule has 0 bridgehead atoms. The van der Waals surface area contributed by atoms with Gasteiger partial charge in [-0.05, 0) is 50.3 Å². The maximum absolute atomic E-state index is 13.5. The Bertz CT molecular complexity index is 1430. The first kappa shape index (κ1) is 20.2. The first-order valence-electron chi connectivity index (χ1n) is 11.1. The van der Waals surface area contributed by atoms with E-state index in [9.17, 15) is 14.0 Å². The minimum atomic E-state index is -0.252. The number of halogens is 1. The number of piperidine rings is 1. The number of nitrogens with zero attached hydrogens (tertiary/aromatic N) is 5. The number of carbonyl (C=O) groups is 1. The molecule has 0 radical (unpaired) electrons. The topological polar surface area (TPSA) is 96.8 Å². The number of carbonyl (C=O) groups excluding carboxylic acids is 1. The van der Waals surface area contributed by atoms with E-state index in [0.717, 1.165) is 58.6 Å². The lowest BCUT2D eigenvalue weighted by Gasteiger charge is -2.30. The zero-order valence-electron chi connectivity index (χ0n) is 17.8. The average Bonchev–Trinajstić information content (AvgIpc) is 3.57. The van der Waals surface area contributed by atoms with Gasteiger partial charge in [-0.3, -0.25) is 14.6 Å². The number of aromatic nitrogens is 5. The van der Waals surface area contributed by atoms with Gasteiger partial charge in [0, 0.05) is 30.8 Å². The molecule has 33 heavy (non-hydrogen) atoms. The number of fused-ring (bicyclic) bond motifs is 2.